The summed E-state index contributed by atoms with van der Waals surface area (Å²) in [4.78, 5) is 35.9. The molecule has 43 heavy (non-hydrogen) atoms. The zero-order valence-electron chi connectivity index (χ0n) is 25.4. The highest BCUT2D eigenvalue weighted by atomic mass is 32.2. The molecule has 2 fully saturated rings. The molecule has 0 saturated heterocycles. The fourth-order valence-electron chi connectivity index (χ4n) is 6.85. The number of carbonyl (C=O) groups is 2. The fourth-order valence-corrected chi connectivity index (χ4v) is 8.36. The highest BCUT2D eigenvalue weighted by molar-refractivity contribution is 7.92. The summed E-state index contributed by atoms with van der Waals surface area (Å²) >= 11 is 0. The number of carbonyl (C=O) groups excluding carboxylic acids is 2. The lowest BCUT2D eigenvalue weighted by molar-refractivity contribution is -0.136. The second-order valence-corrected chi connectivity index (χ2v) is 16.7. The van der Waals surface area contributed by atoms with E-state index < -0.39 is 61.7 Å². The first-order chi connectivity index (χ1) is 20.3. The minimum Gasteiger partial charge on any atom is -0.390 e. The molecule has 5 rings (SSSR count). The third-order valence-electron chi connectivity index (χ3n) is 9.76. The van der Waals surface area contributed by atoms with Gasteiger partial charge >= 0.3 is 0 Å². The number of fused-ring (bicyclic) bond motifs is 1. The van der Waals surface area contributed by atoms with Gasteiger partial charge in [-0.1, -0.05) is 50.3 Å². The molecule has 5 N–H and O–H groups in total. The van der Waals surface area contributed by atoms with Gasteiger partial charge in [0, 0.05) is 17.6 Å². The van der Waals surface area contributed by atoms with Crippen LogP contribution in [0.2, 0.25) is 0 Å². The zero-order valence-corrected chi connectivity index (χ0v) is 26.2. The highest BCUT2D eigenvalue weighted by Crippen LogP contribution is 2.47. The lowest BCUT2D eigenvalue weighted by Gasteiger charge is -2.43. The Kier molecular flexibility index (Phi) is 9.07. The number of benzene rings is 1. The summed E-state index contributed by atoms with van der Waals surface area (Å²) < 4.78 is 26.5. The quantitative estimate of drug-likeness (QED) is 0.259. The van der Waals surface area contributed by atoms with Gasteiger partial charge in [0.1, 0.15) is 6.10 Å². The molecule has 1 aromatic carbocycles. The molecule has 2 aromatic rings. The lowest BCUT2D eigenvalue weighted by atomic mass is 9.68. The second kappa shape index (κ2) is 12.3. The van der Waals surface area contributed by atoms with Crippen molar-refractivity contribution in [2.75, 3.05) is 11.1 Å². The summed E-state index contributed by atoms with van der Waals surface area (Å²) in [6, 6.07) is 6.44. The van der Waals surface area contributed by atoms with Crippen molar-refractivity contribution < 1.29 is 28.2 Å². The molecule has 236 valence electrons. The van der Waals surface area contributed by atoms with Gasteiger partial charge in [0.2, 0.25) is 11.8 Å². The number of nitrogens with one attached hydrogen (secondary N) is 3. The van der Waals surface area contributed by atoms with Crippen LogP contribution < -0.4 is 10.6 Å². The maximum Gasteiger partial charge on any atom is 0.233 e. The SMILES string of the molecule is CC(C)(C)S(=O)(=O)C[C@]1([C@H](C(=O)N[C@@H](CC2CCCCC2)[C@@H](O)[C@@H](O)C2CC2)c2cnc[nH]2)Cc2ccccc2NC1=O. The Morgan fingerprint density at radius 1 is 1.12 bits per heavy atom. The first kappa shape index (κ1) is 31.7. The number of anilines is 1. The molecule has 2 amide bonds. The first-order valence-electron chi connectivity index (χ1n) is 15.6. The van der Waals surface area contributed by atoms with E-state index in [0.717, 1.165) is 50.5 Å². The van der Waals surface area contributed by atoms with Crippen LogP contribution in [-0.4, -0.2) is 69.2 Å². The van der Waals surface area contributed by atoms with E-state index in [4.69, 9.17) is 0 Å². The van der Waals surface area contributed by atoms with Gasteiger partial charge in [-0.25, -0.2) is 13.4 Å². The van der Waals surface area contributed by atoms with Crippen LogP contribution in [0.3, 0.4) is 0 Å². The molecular weight excluding hydrogens is 568 g/mol. The average Bonchev–Trinajstić information content (AvgIpc) is 3.67. The van der Waals surface area contributed by atoms with Crippen molar-refractivity contribution in [3.63, 3.8) is 0 Å². The van der Waals surface area contributed by atoms with Gasteiger partial charge in [0.15, 0.2) is 9.84 Å². The number of H-pyrrole nitrogens is 1. The van der Waals surface area contributed by atoms with Crippen LogP contribution in [0, 0.1) is 17.3 Å². The largest absolute Gasteiger partial charge is 0.390 e. The highest BCUT2D eigenvalue weighted by Gasteiger charge is 2.57. The monoisotopic (exact) mass is 614 g/mol. The number of hydrogen-bond acceptors (Lipinski definition) is 7. The molecule has 11 heteroatoms. The van der Waals surface area contributed by atoms with Crippen molar-refractivity contribution in [2.24, 2.45) is 17.3 Å². The minimum absolute atomic E-state index is 0.00643. The van der Waals surface area contributed by atoms with Crippen LogP contribution in [0.1, 0.15) is 89.3 Å². The topological polar surface area (TPSA) is 161 Å². The molecule has 0 bridgehead atoms. The van der Waals surface area contributed by atoms with Gasteiger partial charge in [0.25, 0.3) is 0 Å². The summed E-state index contributed by atoms with van der Waals surface area (Å²) in [7, 11) is -3.91. The van der Waals surface area contributed by atoms with Crippen LogP contribution in [-0.2, 0) is 25.8 Å². The number of hydrogen-bond donors (Lipinski definition) is 5. The Labute approximate surface area is 254 Å². The van der Waals surface area contributed by atoms with Gasteiger partial charge in [-0.05, 0) is 69.9 Å². The number of para-hydroxylation sites is 1. The zero-order chi connectivity index (χ0) is 31.0. The summed E-state index contributed by atoms with van der Waals surface area (Å²) in [6.45, 7) is 4.77. The lowest BCUT2D eigenvalue weighted by Crippen LogP contribution is -2.58. The standard InChI is InChI=1S/C32H46N4O6S/c1-31(2,3)43(41,42)18-32(16-22-11-7-8-12-23(22)36-30(32)40)26(25-17-33-19-34-25)29(39)35-24(15-20-9-5-4-6-10-20)28(38)27(37)21-13-14-21/h7-8,11-12,17,19-21,24,26-28,37-38H,4-6,9-10,13-16,18H2,1-3H3,(H,33,34)(H,35,39)(H,36,40)/t24-,26-,27-,28+,32-/m0/s1. The van der Waals surface area contributed by atoms with Crippen molar-refractivity contribution in [3.8, 4) is 0 Å². The van der Waals surface area contributed by atoms with E-state index in [9.17, 15) is 28.2 Å². The number of aromatic nitrogens is 2. The van der Waals surface area contributed by atoms with Crippen molar-refractivity contribution in [1.82, 2.24) is 15.3 Å². The van der Waals surface area contributed by atoms with Crippen LogP contribution in [0.4, 0.5) is 5.69 Å². The molecular formula is C32H46N4O6S. The number of imidazole rings is 1. The number of amides is 2. The maximum absolute atomic E-state index is 14.6. The normalized spacial score (nSPS) is 24.3. The Balaban J connectivity index is 1.56. The number of aromatic amines is 1. The molecule has 2 aliphatic carbocycles. The number of aliphatic hydroxyl groups excluding tert-OH is 2. The number of sulfone groups is 1. The molecule has 3 aliphatic rings. The molecule has 5 atom stereocenters. The molecule has 0 radical (unpaired) electrons. The van der Waals surface area contributed by atoms with Gasteiger partial charge < -0.3 is 25.8 Å². The summed E-state index contributed by atoms with van der Waals surface area (Å²) in [5, 5.41) is 28.2. The van der Waals surface area contributed by atoms with Crippen LogP contribution in [0.15, 0.2) is 36.8 Å². The van der Waals surface area contributed by atoms with Crippen molar-refractivity contribution >= 4 is 27.3 Å². The van der Waals surface area contributed by atoms with Crippen molar-refractivity contribution in [2.45, 2.75) is 107 Å². The van der Waals surface area contributed by atoms with Gasteiger partial charge in [0.05, 0.1) is 40.3 Å². The average molecular weight is 615 g/mol. The third-order valence-corrected chi connectivity index (χ3v) is 12.5. The van der Waals surface area contributed by atoms with E-state index in [1.54, 1.807) is 32.9 Å². The van der Waals surface area contributed by atoms with E-state index in [2.05, 4.69) is 20.6 Å². The van der Waals surface area contributed by atoms with Gasteiger partial charge in [-0.3, -0.25) is 9.59 Å². The van der Waals surface area contributed by atoms with E-state index in [0.29, 0.717) is 17.8 Å². The number of nitrogens with zero attached hydrogens (tertiary/aromatic N) is 1. The molecule has 0 spiro atoms. The van der Waals surface area contributed by atoms with E-state index in [1.165, 1.54) is 12.5 Å². The number of aliphatic hydroxyl groups is 2. The molecule has 1 aliphatic heterocycles. The van der Waals surface area contributed by atoms with Gasteiger partial charge in [-0.2, -0.15) is 0 Å². The summed E-state index contributed by atoms with van der Waals surface area (Å²) in [6.07, 6.45) is 8.14. The Bertz CT molecular complexity index is 1400. The smallest absolute Gasteiger partial charge is 0.233 e. The Morgan fingerprint density at radius 2 is 1.81 bits per heavy atom. The van der Waals surface area contributed by atoms with E-state index in [-0.39, 0.29) is 18.3 Å². The van der Waals surface area contributed by atoms with E-state index in [1.807, 2.05) is 12.1 Å². The predicted octanol–water partition coefficient (Wildman–Crippen LogP) is 3.47. The van der Waals surface area contributed by atoms with Crippen LogP contribution in [0.5, 0.6) is 0 Å². The molecule has 10 nitrogen and oxygen atoms in total. The van der Waals surface area contributed by atoms with Crippen molar-refractivity contribution in [3.05, 3.63) is 48.0 Å². The summed E-state index contributed by atoms with van der Waals surface area (Å²) in [5.41, 5.74) is -0.0959. The van der Waals surface area contributed by atoms with Crippen LogP contribution in [0.25, 0.3) is 0 Å². The molecule has 2 heterocycles. The molecule has 1 aromatic heterocycles. The Hall–Kier alpha value is -2.76. The van der Waals surface area contributed by atoms with E-state index >= 15 is 0 Å². The number of rotatable bonds is 11. The molecule has 0 unspecified atom stereocenters. The van der Waals surface area contributed by atoms with Gasteiger partial charge in [-0.15, -0.1) is 0 Å². The predicted molar refractivity (Wildman–Crippen MR) is 164 cm³/mol. The Morgan fingerprint density at radius 3 is 2.44 bits per heavy atom. The minimum atomic E-state index is -3.91. The van der Waals surface area contributed by atoms with Crippen molar-refractivity contribution in [1.29, 1.82) is 0 Å². The van der Waals surface area contributed by atoms with Crippen LogP contribution >= 0.6 is 0 Å². The summed E-state index contributed by atoms with van der Waals surface area (Å²) in [5.74, 6) is -2.69. The maximum atomic E-state index is 14.6. The fraction of sp³-hybridized carbons (Fsp3) is 0.656. The third kappa shape index (κ3) is 6.68. The first-order valence-corrected chi connectivity index (χ1v) is 17.2. The molecule has 2 saturated carbocycles. The second-order valence-electron chi connectivity index (χ2n) is 13.9.